The number of anilines is 1. The zero-order valence-corrected chi connectivity index (χ0v) is 12.9. The van der Waals surface area contributed by atoms with E-state index in [-0.39, 0.29) is 11.0 Å². The van der Waals surface area contributed by atoms with Crippen LogP contribution in [0.25, 0.3) is 0 Å². The highest BCUT2D eigenvalue weighted by molar-refractivity contribution is 5.93. The Bertz CT molecular complexity index is 525. The van der Waals surface area contributed by atoms with Gasteiger partial charge in [0.05, 0.1) is 6.20 Å². The monoisotopic (exact) mass is 294 g/mol. The van der Waals surface area contributed by atoms with Gasteiger partial charge in [-0.05, 0) is 36.7 Å². The van der Waals surface area contributed by atoms with Crippen LogP contribution in [0.3, 0.4) is 0 Å². The number of carboxylic acid groups (broad SMARTS) is 1. The Morgan fingerprint density at radius 1 is 1.38 bits per heavy atom. The van der Waals surface area contributed by atoms with Crippen molar-refractivity contribution in [3.63, 3.8) is 0 Å². The van der Waals surface area contributed by atoms with E-state index in [1.165, 1.54) is 0 Å². The molecule has 116 valence electrons. The second-order valence-electron chi connectivity index (χ2n) is 6.81. The second-order valence-corrected chi connectivity index (χ2v) is 6.81. The van der Waals surface area contributed by atoms with E-state index in [0.29, 0.717) is 11.7 Å². The van der Waals surface area contributed by atoms with Crippen LogP contribution in [-0.4, -0.2) is 29.1 Å². The van der Waals surface area contributed by atoms with Crippen molar-refractivity contribution < 1.29 is 14.3 Å². The molecule has 2 heterocycles. The normalized spacial score (nSPS) is 20.2. The quantitative estimate of drug-likeness (QED) is 0.906. The van der Waals surface area contributed by atoms with Crippen molar-refractivity contribution in [1.82, 2.24) is 4.98 Å². The van der Waals surface area contributed by atoms with Crippen molar-refractivity contribution in [1.29, 1.82) is 0 Å². The molecule has 0 radical (unpaired) electrons. The highest BCUT2D eigenvalue weighted by Gasteiger charge is 2.28. The van der Waals surface area contributed by atoms with Gasteiger partial charge in [0.1, 0.15) is 17.2 Å². The number of rotatable bonds is 2. The molecule has 0 bridgehead atoms. The van der Waals surface area contributed by atoms with E-state index in [1.54, 1.807) is 0 Å². The molecule has 2 rings (SSSR count). The van der Waals surface area contributed by atoms with Gasteiger partial charge < -0.3 is 10.0 Å². The molecule has 1 saturated heterocycles. The molecule has 0 amide bonds. The summed E-state index contributed by atoms with van der Waals surface area (Å²) in [5.74, 6) is -0.748. The van der Waals surface area contributed by atoms with E-state index in [9.17, 15) is 14.3 Å². The number of carboxylic acids is 1. The van der Waals surface area contributed by atoms with Crippen LogP contribution in [0, 0.1) is 17.2 Å². The maximum Gasteiger partial charge on any atom is 0.339 e. The van der Waals surface area contributed by atoms with E-state index in [0.717, 1.165) is 44.6 Å². The lowest BCUT2D eigenvalue weighted by Gasteiger charge is -2.30. The largest absolute Gasteiger partial charge is 0.478 e. The molecule has 1 atom stereocenters. The van der Waals surface area contributed by atoms with Gasteiger partial charge >= 0.3 is 5.97 Å². The zero-order chi connectivity index (χ0) is 15.6. The SMILES string of the molecule is CC(C)(C)C1CCCN(c2ncc(F)cc2C(=O)O)CC1. The topological polar surface area (TPSA) is 53.4 Å². The maximum absolute atomic E-state index is 13.2. The highest BCUT2D eigenvalue weighted by atomic mass is 19.1. The first-order valence-electron chi connectivity index (χ1n) is 7.43. The van der Waals surface area contributed by atoms with Crippen molar-refractivity contribution in [2.75, 3.05) is 18.0 Å². The van der Waals surface area contributed by atoms with Crippen LogP contribution in [0.1, 0.15) is 50.4 Å². The summed E-state index contributed by atoms with van der Waals surface area (Å²) < 4.78 is 13.2. The summed E-state index contributed by atoms with van der Waals surface area (Å²) in [7, 11) is 0. The maximum atomic E-state index is 13.2. The van der Waals surface area contributed by atoms with Gasteiger partial charge in [0.25, 0.3) is 0 Å². The molecule has 21 heavy (non-hydrogen) atoms. The molecule has 0 aromatic carbocycles. The number of carbonyl (C=O) groups is 1. The summed E-state index contributed by atoms with van der Waals surface area (Å²) in [5.41, 5.74) is 0.200. The van der Waals surface area contributed by atoms with Gasteiger partial charge in [-0.3, -0.25) is 0 Å². The average Bonchev–Trinajstić information content (AvgIpc) is 2.63. The average molecular weight is 294 g/mol. The van der Waals surface area contributed by atoms with E-state index < -0.39 is 11.8 Å². The summed E-state index contributed by atoms with van der Waals surface area (Å²) in [6.45, 7) is 8.26. The van der Waals surface area contributed by atoms with Crippen molar-refractivity contribution in [3.05, 3.63) is 23.6 Å². The third-order valence-corrected chi connectivity index (χ3v) is 4.32. The Labute approximate surface area is 125 Å². The lowest BCUT2D eigenvalue weighted by atomic mass is 9.77. The summed E-state index contributed by atoms with van der Waals surface area (Å²) in [6, 6.07) is 1.05. The lowest BCUT2D eigenvalue weighted by Crippen LogP contribution is -2.28. The number of hydrogen-bond acceptors (Lipinski definition) is 3. The standard InChI is InChI=1S/C16H23FN2O2/c1-16(2,3)11-5-4-7-19(8-6-11)14-13(15(20)21)9-12(17)10-18-14/h9-11H,4-8H2,1-3H3,(H,20,21). The van der Waals surface area contributed by atoms with Crippen LogP contribution < -0.4 is 4.90 Å². The molecule has 1 aromatic rings. The minimum absolute atomic E-state index is 0.0517. The molecule has 0 spiro atoms. The fourth-order valence-corrected chi connectivity index (χ4v) is 3.02. The Hall–Kier alpha value is -1.65. The first-order valence-corrected chi connectivity index (χ1v) is 7.43. The van der Waals surface area contributed by atoms with E-state index in [2.05, 4.69) is 25.8 Å². The molecule has 1 N–H and O–H groups in total. The number of hydrogen-bond donors (Lipinski definition) is 1. The Morgan fingerprint density at radius 3 is 2.71 bits per heavy atom. The molecule has 1 aliphatic heterocycles. The van der Waals surface area contributed by atoms with Crippen LogP contribution in [0.5, 0.6) is 0 Å². The van der Waals surface area contributed by atoms with Gasteiger partial charge in [-0.15, -0.1) is 0 Å². The molecule has 0 saturated carbocycles. The van der Waals surface area contributed by atoms with Crippen molar-refractivity contribution >= 4 is 11.8 Å². The Morgan fingerprint density at radius 2 is 2.10 bits per heavy atom. The molecule has 0 aliphatic carbocycles. The van der Waals surface area contributed by atoms with E-state index >= 15 is 0 Å². The van der Waals surface area contributed by atoms with Gasteiger partial charge in [-0.2, -0.15) is 0 Å². The van der Waals surface area contributed by atoms with Gasteiger partial charge in [0.2, 0.25) is 0 Å². The predicted octanol–water partition coefficient (Wildman–Crippen LogP) is 3.57. The molecular formula is C16H23FN2O2. The van der Waals surface area contributed by atoms with Gasteiger partial charge in [-0.25, -0.2) is 14.2 Å². The van der Waals surface area contributed by atoms with Crippen molar-refractivity contribution in [2.45, 2.75) is 40.0 Å². The van der Waals surface area contributed by atoms with Crippen LogP contribution in [0.4, 0.5) is 10.2 Å². The van der Waals surface area contributed by atoms with Gasteiger partial charge in [-0.1, -0.05) is 20.8 Å². The highest BCUT2D eigenvalue weighted by Crippen LogP contribution is 2.35. The molecule has 4 nitrogen and oxygen atoms in total. The van der Waals surface area contributed by atoms with E-state index in [4.69, 9.17) is 0 Å². The number of nitrogens with zero attached hydrogens (tertiary/aromatic N) is 2. The van der Waals surface area contributed by atoms with Crippen LogP contribution in [-0.2, 0) is 0 Å². The summed E-state index contributed by atoms with van der Waals surface area (Å²) in [4.78, 5) is 17.3. The minimum atomic E-state index is -1.13. The fourth-order valence-electron chi connectivity index (χ4n) is 3.02. The molecule has 1 aromatic heterocycles. The molecule has 1 fully saturated rings. The summed E-state index contributed by atoms with van der Waals surface area (Å²) >= 11 is 0. The Kier molecular flexibility index (Phi) is 4.49. The molecule has 1 aliphatic rings. The number of aromatic nitrogens is 1. The lowest BCUT2D eigenvalue weighted by molar-refractivity contribution is 0.0696. The number of pyridine rings is 1. The smallest absolute Gasteiger partial charge is 0.339 e. The van der Waals surface area contributed by atoms with Crippen LogP contribution >= 0.6 is 0 Å². The van der Waals surface area contributed by atoms with Crippen molar-refractivity contribution in [2.24, 2.45) is 11.3 Å². The summed E-state index contributed by atoms with van der Waals surface area (Å²) in [6.07, 6.45) is 4.22. The number of aromatic carboxylic acids is 1. The van der Waals surface area contributed by atoms with Crippen molar-refractivity contribution in [3.8, 4) is 0 Å². The third kappa shape index (κ3) is 3.71. The molecule has 1 unspecified atom stereocenters. The van der Waals surface area contributed by atoms with Gasteiger partial charge in [0, 0.05) is 13.1 Å². The molecular weight excluding hydrogens is 271 g/mol. The predicted molar refractivity (Wildman–Crippen MR) is 80.2 cm³/mol. The Balaban J connectivity index is 2.22. The zero-order valence-electron chi connectivity index (χ0n) is 12.9. The second kappa shape index (κ2) is 6.00. The van der Waals surface area contributed by atoms with Crippen LogP contribution in [0.2, 0.25) is 0 Å². The van der Waals surface area contributed by atoms with Gasteiger partial charge in [0.15, 0.2) is 0 Å². The first-order chi connectivity index (χ1) is 9.79. The molecule has 5 heteroatoms. The number of halogens is 1. The third-order valence-electron chi connectivity index (χ3n) is 4.32. The summed E-state index contributed by atoms with van der Waals surface area (Å²) in [5, 5.41) is 9.24. The van der Waals surface area contributed by atoms with Crippen LogP contribution in [0.15, 0.2) is 12.3 Å². The first kappa shape index (κ1) is 15.7. The fraction of sp³-hybridized carbons (Fsp3) is 0.625. The van der Waals surface area contributed by atoms with E-state index in [1.807, 2.05) is 4.90 Å². The minimum Gasteiger partial charge on any atom is -0.478 e.